The number of nitrogens with one attached hydrogen (secondary N) is 1. The van der Waals surface area contributed by atoms with E-state index >= 15 is 0 Å². The summed E-state index contributed by atoms with van der Waals surface area (Å²) in [5, 5.41) is 10.2. The van der Waals surface area contributed by atoms with E-state index in [0.717, 1.165) is 17.7 Å². The molecule has 0 radical (unpaired) electrons. The van der Waals surface area contributed by atoms with Gasteiger partial charge in [0.25, 0.3) is 0 Å². The summed E-state index contributed by atoms with van der Waals surface area (Å²) in [6, 6.07) is 9.44. The van der Waals surface area contributed by atoms with E-state index in [2.05, 4.69) is 0 Å². The van der Waals surface area contributed by atoms with Gasteiger partial charge in [-0.05, 0) is 49.1 Å². The summed E-state index contributed by atoms with van der Waals surface area (Å²) in [7, 11) is -4.24. The van der Waals surface area contributed by atoms with Crippen molar-refractivity contribution in [3.63, 3.8) is 0 Å². The SMILES string of the molecule is Cc1cc(C)c(S(=O)(=O)NC[C@@](O)(c2ccccc2)C(F)(F)F)cc1C. The largest absolute Gasteiger partial charge is 0.422 e. The number of hydrogen-bond donors (Lipinski definition) is 2. The molecule has 0 unspecified atom stereocenters. The monoisotopic (exact) mass is 387 g/mol. The average Bonchev–Trinajstić information content (AvgIpc) is 2.55. The molecule has 0 aliphatic rings. The molecule has 0 heterocycles. The predicted molar refractivity (Wildman–Crippen MR) is 92.2 cm³/mol. The van der Waals surface area contributed by atoms with E-state index < -0.39 is 33.9 Å². The van der Waals surface area contributed by atoms with Gasteiger partial charge in [0.1, 0.15) is 0 Å². The molecule has 8 heteroatoms. The van der Waals surface area contributed by atoms with Gasteiger partial charge in [-0.25, -0.2) is 13.1 Å². The summed E-state index contributed by atoms with van der Waals surface area (Å²) in [6.07, 6.45) is -5.06. The van der Waals surface area contributed by atoms with Crippen LogP contribution in [0.2, 0.25) is 0 Å². The average molecular weight is 387 g/mol. The first-order valence-electron chi connectivity index (χ1n) is 7.80. The Labute approximate surface area is 150 Å². The van der Waals surface area contributed by atoms with Gasteiger partial charge in [-0.2, -0.15) is 13.2 Å². The molecule has 0 saturated heterocycles. The first-order chi connectivity index (χ1) is 11.9. The van der Waals surface area contributed by atoms with Gasteiger partial charge in [0.05, 0.1) is 11.4 Å². The maximum atomic E-state index is 13.5. The van der Waals surface area contributed by atoms with Gasteiger partial charge in [0.15, 0.2) is 5.60 Å². The smallest absolute Gasteiger partial charge is 0.375 e. The number of hydrogen-bond acceptors (Lipinski definition) is 3. The third kappa shape index (κ3) is 3.92. The van der Waals surface area contributed by atoms with Crippen LogP contribution in [0.4, 0.5) is 13.2 Å². The molecule has 2 aromatic rings. The van der Waals surface area contributed by atoms with Crippen molar-refractivity contribution < 1.29 is 26.7 Å². The second-order valence-electron chi connectivity index (χ2n) is 6.25. The van der Waals surface area contributed by atoms with Crippen molar-refractivity contribution in [3.8, 4) is 0 Å². The van der Waals surface area contributed by atoms with E-state index in [1.807, 2.05) is 11.6 Å². The van der Waals surface area contributed by atoms with Crippen molar-refractivity contribution in [2.75, 3.05) is 6.54 Å². The molecule has 0 aliphatic carbocycles. The lowest BCUT2D eigenvalue weighted by molar-refractivity contribution is -0.263. The van der Waals surface area contributed by atoms with Crippen LogP contribution in [0, 0.1) is 20.8 Å². The minimum atomic E-state index is -5.06. The van der Waals surface area contributed by atoms with E-state index in [1.165, 1.54) is 24.3 Å². The molecule has 142 valence electrons. The lowest BCUT2D eigenvalue weighted by Gasteiger charge is -2.31. The number of rotatable bonds is 5. The zero-order valence-electron chi connectivity index (χ0n) is 14.6. The normalized spacial score (nSPS) is 14.9. The number of sulfonamides is 1. The molecular formula is C18H20F3NO3S. The van der Waals surface area contributed by atoms with E-state index in [-0.39, 0.29) is 4.90 Å². The van der Waals surface area contributed by atoms with Crippen LogP contribution >= 0.6 is 0 Å². The van der Waals surface area contributed by atoms with Crippen LogP contribution in [-0.4, -0.2) is 26.2 Å². The summed E-state index contributed by atoms with van der Waals surface area (Å²) < 4.78 is 67.4. The predicted octanol–water partition coefficient (Wildman–Crippen LogP) is 3.34. The summed E-state index contributed by atoms with van der Waals surface area (Å²) in [4.78, 5) is -0.113. The summed E-state index contributed by atoms with van der Waals surface area (Å²) >= 11 is 0. The number of halogens is 3. The Morgan fingerprint density at radius 2 is 1.50 bits per heavy atom. The van der Waals surface area contributed by atoms with Gasteiger partial charge >= 0.3 is 6.18 Å². The highest BCUT2D eigenvalue weighted by molar-refractivity contribution is 7.89. The highest BCUT2D eigenvalue weighted by Gasteiger charge is 2.55. The lowest BCUT2D eigenvalue weighted by Crippen LogP contribution is -2.51. The molecule has 1 atom stereocenters. The summed E-state index contributed by atoms with van der Waals surface area (Å²) in [5.41, 5.74) is -1.79. The molecule has 0 saturated carbocycles. The first kappa shape index (κ1) is 20.4. The molecule has 0 fully saturated rings. The van der Waals surface area contributed by atoms with Gasteiger partial charge in [-0.3, -0.25) is 0 Å². The molecule has 2 rings (SSSR count). The third-order valence-electron chi connectivity index (χ3n) is 4.32. The Bertz CT molecular complexity index is 896. The molecule has 26 heavy (non-hydrogen) atoms. The highest BCUT2D eigenvalue weighted by Crippen LogP contribution is 2.38. The Balaban J connectivity index is 2.39. The van der Waals surface area contributed by atoms with Crippen molar-refractivity contribution in [1.29, 1.82) is 0 Å². The third-order valence-corrected chi connectivity index (χ3v) is 5.86. The van der Waals surface area contributed by atoms with Crippen LogP contribution in [-0.2, 0) is 15.6 Å². The van der Waals surface area contributed by atoms with Gasteiger partial charge < -0.3 is 5.11 Å². The second-order valence-corrected chi connectivity index (χ2v) is 7.99. The molecule has 4 nitrogen and oxygen atoms in total. The highest BCUT2D eigenvalue weighted by atomic mass is 32.2. The Kier molecular flexibility index (Phi) is 5.51. The molecule has 0 amide bonds. The van der Waals surface area contributed by atoms with Gasteiger partial charge in [0, 0.05) is 0 Å². The zero-order chi connectivity index (χ0) is 19.8. The molecule has 2 aromatic carbocycles. The Hall–Kier alpha value is -1.90. The van der Waals surface area contributed by atoms with E-state index in [1.54, 1.807) is 19.9 Å². The maximum Gasteiger partial charge on any atom is 0.422 e. The topological polar surface area (TPSA) is 66.4 Å². The van der Waals surface area contributed by atoms with Crippen LogP contribution in [0.1, 0.15) is 22.3 Å². The molecule has 0 aliphatic heterocycles. The fourth-order valence-corrected chi connectivity index (χ4v) is 3.95. The van der Waals surface area contributed by atoms with Crippen LogP contribution in [0.15, 0.2) is 47.4 Å². The second kappa shape index (κ2) is 7.02. The maximum absolute atomic E-state index is 13.5. The van der Waals surface area contributed by atoms with Crippen molar-refractivity contribution in [2.24, 2.45) is 0 Å². The first-order valence-corrected chi connectivity index (χ1v) is 9.29. The Morgan fingerprint density at radius 3 is 2.04 bits per heavy atom. The standard InChI is InChI=1S/C18H20F3NO3S/c1-12-9-14(3)16(10-13(12)2)26(24,25)22-11-17(23,18(19,20)21)15-7-5-4-6-8-15/h4-10,22-23H,11H2,1-3H3/t17-/m1/s1. The van der Waals surface area contributed by atoms with Gasteiger partial charge in [-0.1, -0.05) is 36.4 Å². The zero-order valence-corrected chi connectivity index (χ0v) is 15.4. The summed E-state index contributed by atoms with van der Waals surface area (Å²) in [5.74, 6) is 0. The number of aliphatic hydroxyl groups is 1. The van der Waals surface area contributed by atoms with Crippen LogP contribution in [0.3, 0.4) is 0 Å². The lowest BCUT2D eigenvalue weighted by atomic mass is 9.93. The van der Waals surface area contributed by atoms with Gasteiger partial charge in [0.2, 0.25) is 10.0 Å². The van der Waals surface area contributed by atoms with Crippen molar-refractivity contribution >= 4 is 10.0 Å². The van der Waals surface area contributed by atoms with Crippen molar-refractivity contribution in [1.82, 2.24) is 4.72 Å². The van der Waals surface area contributed by atoms with Crippen LogP contribution < -0.4 is 4.72 Å². The number of alkyl halides is 3. The fourth-order valence-electron chi connectivity index (χ4n) is 2.58. The molecule has 0 spiro atoms. The van der Waals surface area contributed by atoms with Crippen LogP contribution in [0.25, 0.3) is 0 Å². The van der Waals surface area contributed by atoms with Crippen molar-refractivity contribution in [3.05, 3.63) is 64.7 Å². The quantitative estimate of drug-likeness (QED) is 0.827. The number of aryl methyl sites for hydroxylation is 3. The minimum Gasteiger partial charge on any atom is -0.375 e. The number of benzene rings is 2. The molecule has 2 N–H and O–H groups in total. The molecular weight excluding hydrogens is 367 g/mol. The summed E-state index contributed by atoms with van der Waals surface area (Å²) in [6.45, 7) is 3.86. The minimum absolute atomic E-state index is 0.113. The van der Waals surface area contributed by atoms with E-state index in [9.17, 15) is 26.7 Å². The van der Waals surface area contributed by atoms with E-state index in [0.29, 0.717) is 11.1 Å². The fraction of sp³-hybridized carbons (Fsp3) is 0.333. The molecule has 0 bridgehead atoms. The molecule has 0 aromatic heterocycles. The van der Waals surface area contributed by atoms with Crippen LogP contribution in [0.5, 0.6) is 0 Å². The van der Waals surface area contributed by atoms with Gasteiger partial charge in [-0.15, -0.1) is 0 Å². The van der Waals surface area contributed by atoms with E-state index in [4.69, 9.17) is 0 Å². The van der Waals surface area contributed by atoms with Crippen molar-refractivity contribution in [2.45, 2.75) is 37.4 Å². The Morgan fingerprint density at radius 1 is 0.962 bits per heavy atom.